The van der Waals surface area contributed by atoms with Crippen LogP contribution in [-0.4, -0.2) is 27.5 Å². The number of rotatable bonds is 8. The zero-order valence-corrected chi connectivity index (χ0v) is 15.3. The number of ether oxygens (including phenoxy) is 1. The maximum atomic E-state index is 12.4. The fraction of sp³-hybridized carbons (Fsp3) is 0.368. The minimum absolute atomic E-state index is 0.174. The van der Waals surface area contributed by atoms with E-state index < -0.39 is 35.8 Å². The summed E-state index contributed by atoms with van der Waals surface area (Å²) in [5.41, 5.74) is -0.296. The number of esters is 1. The van der Waals surface area contributed by atoms with Crippen LogP contribution in [0.2, 0.25) is 0 Å². The second-order valence-electron chi connectivity index (χ2n) is 6.13. The smallest absolute Gasteiger partial charge is 0.328 e. The van der Waals surface area contributed by atoms with Gasteiger partial charge in [-0.15, -0.1) is 0 Å². The third kappa shape index (κ3) is 5.95. The number of H-pyrrole nitrogens is 1. The van der Waals surface area contributed by atoms with Gasteiger partial charge in [-0.1, -0.05) is 43.7 Å². The highest BCUT2D eigenvalue weighted by molar-refractivity contribution is 5.83. The predicted octanol–water partition coefficient (Wildman–Crippen LogP) is 1.13. The molecule has 1 amide bonds. The number of amides is 1. The van der Waals surface area contributed by atoms with Gasteiger partial charge in [0.2, 0.25) is 0 Å². The molecule has 2 N–H and O–H groups in total. The van der Waals surface area contributed by atoms with Crippen LogP contribution in [0.5, 0.6) is 0 Å². The molecule has 0 bridgehead atoms. The molecule has 0 fully saturated rings. The van der Waals surface area contributed by atoms with E-state index in [4.69, 9.17) is 4.74 Å². The highest BCUT2D eigenvalue weighted by Crippen LogP contribution is 2.18. The summed E-state index contributed by atoms with van der Waals surface area (Å²) >= 11 is 0. The summed E-state index contributed by atoms with van der Waals surface area (Å²) in [7, 11) is 0. The molecule has 144 valence electrons. The number of hydrogen-bond donors (Lipinski definition) is 2. The van der Waals surface area contributed by atoms with Crippen molar-refractivity contribution >= 4 is 11.9 Å². The molecule has 0 aliphatic rings. The fourth-order valence-electron chi connectivity index (χ4n) is 2.58. The van der Waals surface area contributed by atoms with Crippen LogP contribution in [0, 0.1) is 0 Å². The van der Waals surface area contributed by atoms with Crippen molar-refractivity contribution in [3.8, 4) is 0 Å². The summed E-state index contributed by atoms with van der Waals surface area (Å²) in [6.45, 7) is 3.09. The summed E-state index contributed by atoms with van der Waals surface area (Å²) in [4.78, 5) is 49.1. The summed E-state index contributed by atoms with van der Waals surface area (Å²) in [5, 5.41) is 2.89. The molecule has 0 radical (unpaired) electrons. The Hall–Kier alpha value is -3.16. The number of carbonyl (C=O) groups excluding carboxylic acids is 2. The lowest BCUT2D eigenvalue weighted by atomic mass is 10.0. The normalized spacial score (nSPS) is 12.8. The molecule has 0 unspecified atom stereocenters. The molecule has 8 nitrogen and oxygen atoms in total. The predicted molar refractivity (Wildman–Crippen MR) is 99.1 cm³/mol. The number of nitrogens with zero attached hydrogens (tertiary/aromatic N) is 1. The van der Waals surface area contributed by atoms with Crippen molar-refractivity contribution in [1.82, 2.24) is 14.9 Å². The highest BCUT2D eigenvalue weighted by Gasteiger charge is 2.22. The molecule has 0 saturated carbocycles. The number of aromatic nitrogens is 2. The van der Waals surface area contributed by atoms with E-state index in [1.807, 2.05) is 42.2 Å². The van der Waals surface area contributed by atoms with Gasteiger partial charge >= 0.3 is 11.7 Å². The molecule has 1 aromatic heterocycles. The molecule has 1 aromatic carbocycles. The first kappa shape index (κ1) is 20.2. The average Bonchev–Trinajstić information content (AvgIpc) is 2.64. The van der Waals surface area contributed by atoms with Crippen LogP contribution in [0.1, 0.15) is 38.3 Å². The van der Waals surface area contributed by atoms with E-state index in [-0.39, 0.29) is 6.04 Å². The van der Waals surface area contributed by atoms with E-state index >= 15 is 0 Å². The van der Waals surface area contributed by atoms with Crippen LogP contribution in [-0.2, 0) is 20.9 Å². The van der Waals surface area contributed by atoms with Crippen LogP contribution >= 0.6 is 0 Å². The highest BCUT2D eigenvalue weighted by atomic mass is 16.5. The lowest BCUT2D eigenvalue weighted by Gasteiger charge is -2.21. The molecule has 8 heteroatoms. The minimum atomic E-state index is -1.01. The summed E-state index contributed by atoms with van der Waals surface area (Å²) in [6.07, 6.45) is 1.81. The number of aromatic amines is 1. The molecule has 2 atom stereocenters. The van der Waals surface area contributed by atoms with Crippen molar-refractivity contribution in [2.24, 2.45) is 0 Å². The van der Waals surface area contributed by atoms with Crippen LogP contribution in [0.25, 0.3) is 0 Å². The van der Waals surface area contributed by atoms with Crippen LogP contribution in [0.3, 0.4) is 0 Å². The van der Waals surface area contributed by atoms with Gasteiger partial charge in [0, 0.05) is 12.3 Å². The molecule has 2 rings (SSSR count). The van der Waals surface area contributed by atoms with Gasteiger partial charge in [0.05, 0.1) is 6.04 Å². The van der Waals surface area contributed by atoms with E-state index in [0.29, 0.717) is 0 Å². The molecule has 2 aromatic rings. The second-order valence-corrected chi connectivity index (χ2v) is 6.13. The Bertz CT molecular complexity index is 888. The monoisotopic (exact) mass is 373 g/mol. The third-order valence-electron chi connectivity index (χ3n) is 3.97. The standard InChI is InChI=1S/C19H23N3O5/c1-3-7-15(14-8-5-4-6-9-14)20-18(25)13(2)27-17(24)12-22-11-10-16(23)21-19(22)26/h4-6,8-11,13,15H,3,7,12H2,1-2H3,(H,20,25)(H,21,23,26)/t13-,15-/m1/s1. The van der Waals surface area contributed by atoms with Crippen molar-refractivity contribution in [3.05, 3.63) is 69.0 Å². The quantitative estimate of drug-likeness (QED) is 0.674. The van der Waals surface area contributed by atoms with Crippen molar-refractivity contribution in [2.75, 3.05) is 0 Å². The number of benzene rings is 1. The van der Waals surface area contributed by atoms with Gasteiger partial charge in [-0.3, -0.25) is 23.9 Å². The first-order valence-electron chi connectivity index (χ1n) is 8.75. The molecule has 27 heavy (non-hydrogen) atoms. The van der Waals surface area contributed by atoms with Gasteiger partial charge in [-0.2, -0.15) is 0 Å². The number of nitrogens with one attached hydrogen (secondary N) is 2. The summed E-state index contributed by atoms with van der Waals surface area (Å²) in [6, 6.07) is 10.5. The van der Waals surface area contributed by atoms with Crippen molar-refractivity contribution in [1.29, 1.82) is 0 Å². The zero-order chi connectivity index (χ0) is 19.8. The maximum Gasteiger partial charge on any atom is 0.328 e. The van der Waals surface area contributed by atoms with Crippen molar-refractivity contribution in [2.45, 2.75) is 45.4 Å². The van der Waals surface area contributed by atoms with Gasteiger partial charge in [-0.25, -0.2) is 4.79 Å². The Morgan fingerprint density at radius 2 is 1.89 bits per heavy atom. The van der Waals surface area contributed by atoms with Crippen LogP contribution in [0.4, 0.5) is 0 Å². The molecule has 0 aliphatic heterocycles. The summed E-state index contributed by atoms with van der Waals surface area (Å²) in [5.74, 6) is -1.17. The minimum Gasteiger partial charge on any atom is -0.451 e. The number of carbonyl (C=O) groups is 2. The Balaban J connectivity index is 1.96. The second kappa shape index (κ2) is 9.51. The summed E-state index contributed by atoms with van der Waals surface area (Å²) < 4.78 is 6.11. The van der Waals surface area contributed by atoms with Crippen molar-refractivity contribution < 1.29 is 14.3 Å². The van der Waals surface area contributed by atoms with E-state index in [0.717, 1.165) is 29.0 Å². The van der Waals surface area contributed by atoms with Gasteiger partial charge in [0.25, 0.3) is 11.5 Å². The lowest BCUT2D eigenvalue weighted by Crippen LogP contribution is -2.39. The molecule has 0 aliphatic carbocycles. The molecular weight excluding hydrogens is 350 g/mol. The molecular formula is C19H23N3O5. The third-order valence-corrected chi connectivity index (χ3v) is 3.97. The topological polar surface area (TPSA) is 110 Å². The van der Waals surface area contributed by atoms with Gasteiger partial charge in [-0.05, 0) is 18.9 Å². The van der Waals surface area contributed by atoms with Crippen LogP contribution in [0.15, 0.2) is 52.2 Å². The van der Waals surface area contributed by atoms with Gasteiger partial charge in [0.1, 0.15) is 6.54 Å². The first-order chi connectivity index (χ1) is 12.9. The van der Waals surface area contributed by atoms with E-state index in [9.17, 15) is 19.2 Å². The maximum absolute atomic E-state index is 12.4. The van der Waals surface area contributed by atoms with Crippen LogP contribution < -0.4 is 16.6 Å². The Labute approximate surface area is 156 Å². The first-order valence-corrected chi connectivity index (χ1v) is 8.75. The Kier molecular flexibility index (Phi) is 7.10. The lowest BCUT2D eigenvalue weighted by molar-refractivity contribution is -0.155. The molecule has 0 saturated heterocycles. The fourth-order valence-corrected chi connectivity index (χ4v) is 2.58. The SMILES string of the molecule is CCC[C@@H](NC(=O)[C@@H](C)OC(=O)Cn1ccc(=O)[nH]c1=O)c1ccccc1. The Morgan fingerprint density at radius 3 is 2.52 bits per heavy atom. The zero-order valence-electron chi connectivity index (χ0n) is 15.3. The number of hydrogen-bond acceptors (Lipinski definition) is 5. The van der Waals surface area contributed by atoms with E-state index in [2.05, 4.69) is 5.32 Å². The van der Waals surface area contributed by atoms with E-state index in [1.165, 1.54) is 13.1 Å². The van der Waals surface area contributed by atoms with E-state index in [1.54, 1.807) is 0 Å². The van der Waals surface area contributed by atoms with Crippen molar-refractivity contribution in [3.63, 3.8) is 0 Å². The molecule has 0 spiro atoms. The van der Waals surface area contributed by atoms with Gasteiger partial charge < -0.3 is 10.1 Å². The van der Waals surface area contributed by atoms with Gasteiger partial charge in [0.15, 0.2) is 6.10 Å². The Morgan fingerprint density at radius 1 is 1.19 bits per heavy atom. The average molecular weight is 373 g/mol. The largest absolute Gasteiger partial charge is 0.451 e. The molecule has 1 heterocycles.